The van der Waals surface area contributed by atoms with E-state index in [0.717, 1.165) is 10.5 Å². The lowest BCUT2D eigenvalue weighted by molar-refractivity contribution is -0.146. The van der Waals surface area contributed by atoms with Crippen molar-refractivity contribution in [3.8, 4) is 11.3 Å². The van der Waals surface area contributed by atoms with E-state index in [-0.39, 0.29) is 17.6 Å². The lowest BCUT2D eigenvalue weighted by Gasteiger charge is -2.24. The zero-order valence-electron chi connectivity index (χ0n) is 18.7. The molecule has 0 fully saturated rings. The summed E-state index contributed by atoms with van der Waals surface area (Å²) in [6.45, 7) is 0. The highest BCUT2D eigenvalue weighted by atomic mass is 35.5. The number of nitrogens with zero attached hydrogens (tertiary/aromatic N) is 1. The van der Waals surface area contributed by atoms with E-state index in [1.54, 1.807) is 42.5 Å². The Morgan fingerprint density at radius 1 is 1.00 bits per heavy atom. The summed E-state index contributed by atoms with van der Waals surface area (Å²) in [6.07, 6.45) is 4.39. The number of carbonyl (C=O) groups is 3. The summed E-state index contributed by atoms with van der Waals surface area (Å²) in [5.74, 6) is -2.61. The third-order valence-electron chi connectivity index (χ3n) is 5.54. The van der Waals surface area contributed by atoms with Gasteiger partial charge in [0.05, 0.1) is 33.3 Å². The van der Waals surface area contributed by atoms with E-state index in [1.165, 1.54) is 23.1 Å². The number of carbonyl (C=O) groups excluding carboxylic acids is 2. The molecular formula is C25H21Cl2N3O4S2. The van der Waals surface area contributed by atoms with Gasteiger partial charge >= 0.3 is 5.97 Å². The molecule has 186 valence electrons. The maximum Gasteiger partial charge on any atom is 0.307 e. The van der Waals surface area contributed by atoms with Crippen molar-refractivity contribution in [3.63, 3.8) is 0 Å². The van der Waals surface area contributed by atoms with E-state index in [9.17, 15) is 19.5 Å². The van der Waals surface area contributed by atoms with Crippen molar-refractivity contribution in [2.75, 3.05) is 16.4 Å². The largest absolute Gasteiger partial charge is 0.481 e. The first-order valence-electron chi connectivity index (χ1n) is 10.9. The summed E-state index contributed by atoms with van der Waals surface area (Å²) in [5.41, 5.74) is 2.07. The minimum atomic E-state index is -0.965. The lowest BCUT2D eigenvalue weighted by atomic mass is 9.82. The zero-order chi connectivity index (χ0) is 25.7. The Morgan fingerprint density at radius 3 is 2.42 bits per heavy atom. The summed E-state index contributed by atoms with van der Waals surface area (Å²) in [5, 5.41) is 18.2. The first-order chi connectivity index (χ1) is 17.3. The van der Waals surface area contributed by atoms with E-state index in [2.05, 4.69) is 15.6 Å². The second-order valence-corrected chi connectivity index (χ2v) is 10.7. The number of carboxylic acid groups (broad SMARTS) is 1. The first kappa shape index (κ1) is 26.2. The van der Waals surface area contributed by atoms with Crippen molar-refractivity contribution in [2.45, 2.75) is 17.7 Å². The predicted molar refractivity (Wildman–Crippen MR) is 145 cm³/mol. The molecule has 1 heterocycles. The minimum absolute atomic E-state index is 0.183. The highest BCUT2D eigenvalue weighted by Gasteiger charge is 2.33. The molecule has 0 saturated heterocycles. The molecule has 2 unspecified atom stereocenters. The molecular weight excluding hydrogens is 541 g/mol. The Bertz CT molecular complexity index is 1310. The SMILES string of the molecule is O=C(CSc1ccc(NC(=O)C2CC=CCC2C(=O)O)cc1)Nc1nc(-c2ccc(Cl)c(Cl)c2)cs1. The van der Waals surface area contributed by atoms with Crippen molar-refractivity contribution < 1.29 is 19.5 Å². The van der Waals surface area contributed by atoms with Gasteiger partial charge in [-0.3, -0.25) is 14.4 Å². The van der Waals surface area contributed by atoms with E-state index >= 15 is 0 Å². The maximum absolute atomic E-state index is 12.6. The molecule has 36 heavy (non-hydrogen) atoms. The van der Waals surface area contributed by atoms with Crippen LogP contribution in [0, 0.1) is 11.8 Å². The van der Waals surface area contributed by atoms with Gasteiger partial charge in [0.15, 0.2) is 5.13 Å². The van der Waals surface area contributed by atoms with Crippen LogP contribution >= 0.6 is 46.3 Å². The smallest absolute Gasteiger partial charge is 0.307 e. The number of thioether (sulfide) groups is 1. The molecule has 1 aliphatic rings. The lowest BCUT2D eigenvalue weighted by Crippen LogP contribution is -2.34. The zero-order valence-corrected chi connectivity index (χ0v) is 21.9. The molecule has 3 N–H and O–H groups in total. The minimum Gasteiger partial charge on any atom is -0.481 e. The number of nitrogens with one attached hydrogen (secondary N) is 2. The van der Waals surface area contributed by atoms with Crippen molar-refractivity contribution in [2.24, 2.45) is 11.8 Å². The number of hydrogen-bond donors (Lipinski definition) is 3. The van der Waals surface area contributed by atoms with Crippen molar-refractivity contribution >= 4 is 74.9 Å². The number of halogens is 2. The van der Waals surface area contributed by atoms with Gasteiger partial charge in [0.2, 0.25) is 11.8 Å². The number of benzene rings is 2. The van der Waals surface area contributed by atoms with Crippen LogP contribution in [0.3, 0.4) is 0 Å². The van der Waals surface area contributed by atoms with Crippen LogP contribution in [-0.4, -0.2) is 33.6 Å². The molecule has 7 nitrogen and oxygen atoms in total. The van der Waals surface area contributed by atoms with E-state index in [1.807, 2.05) is 17.5 Å². The molecule has 2 atom stereocenters. The third-order valence-corrected chi connectivity index (χ3v) is 8.05. The van der Waals surface area contributed by atoms with Crippen LogP contribution in [0.4, 0.5) is 10.8 Å². The van der Waals surface area contributed by atoms with Crippen LogP contribution in [0.15, 0.2) is 64.9 Å². The predicted octanol–water partition coefficient (Wildman–Crippen LogP) is 6.45. The Kier molecular flexibility index (Phi) is 8.68. The van der Waals surface area contributed by atoms with Crippen LogP contribution < -0.4 is 10.6 Å². The standard InChI is InChI=1S/C25H21Cl2N3O4S2/c26-19-10-5-14(11-20(19)27)21-12-36-25(29-21)30-22(31)13-35-16-8-6-15(7-9-16)28-23(32)17-3-1-2-4-18(17)24(33)34/h1-2,5-12,17-18H,3-4,13H2,(H,28,32)(H,33,34)(H,29,30,31). The van der Waals surface area contributed by atoms with Crippen LogP contribution in [0.1, 0.15) is 12.8 Å². The number of thiazole rings is 1. The van der Waals surface area contributed by atoms with Gasteiger partial charge in [0.1, 0.15) is 0 Å². The van der Waals surface area contributed by atoms with E-state index in [0.29, 0.717) is 39.4 Å². The van der Waals surface area contributed by atoms with Crippen LogP contribution in [0.2, 0.25) is 10.0 Å². The second-order valence-electron chi connectivity index (χ2n) is 8.01. The maximum atomic E-state index is 12.6. The number of allylic oxidation sites excluding steroid dienone is 2. The summed E-state index contributed by atoms with van der Waals surface area (Å²) < 4.78 is 0. The number of amides is 2. The number of aromatic nitrogens is 1. The van der Waals surface area contributed by atoms with E-state index in [4.69, 9.17) is 23.2 Å². The average Bonchev–Trinajstić information content (AvgIpc) is 3.33. The van der Waals surface area contributed by atoms with Gasteiger partial charge in [-0.15, -0.1) is 23.1 Å². The molecule has 0 saturated carbocycles. The molecule has 0 spiro atoms. The fraction of sp³-hybridized carbons (Fsp3) is 0.200. The Labute approximate surface area is 225 Å². The topological polar surface area (TPSA) is 108 Å². The highest BCUT2D eigenvalue weighted by Crippen LogP contribution is 2.31. The van der Waals surface area contributed by atoms with Gasteiger partial charge in [-0.05, 0) is 49.2 Å². The Hall–Kier alpha value is -2.85. The summed E-state index contributed by atoms with van der Waals surface area (Å²) in [6, 6.07) is 12.3. The fourth-order valence-corrected chi connectivity index (χ4v) is 5.40. The molecule has 0 bridgehead atoms. The number of rotatable bonds is 8. The molecule has 0 aliphatic heterocycles. The van der Waals surface area contributed by atoms with Crippen LogP contribution in [0.25, 0.3) is 11.3 Å². The third kappa shape index (κ3) is 6.67. The molecule has 1 aromatic heterocycles. The van der Waals surface area contributed by atoms with Crippen LogP contribution in [-0.2, 0) is 14.4 Å². The highest BCUT2D eigenvalue weighted by molar-refractivity contribution is 8.00. The monoisotopic (exact) mass is 561 g/mol. The number of hydrogen-bond acceptors (Lipinski definition) is 6. The number of anilines is 2. The molecule has 4 rings (SSSR count). The molecule has 0 radical (unpaired) electrons. The summed E-state index contributed by atoms with van der Waals surface area (Å²) >= 11 is 14.7. The van der Waals surface area contributed by atoms with E-state index < -0.39 is 17.8 Å². The van der Waals surface area contributed by atoms with Gasteiger partial charge in [0.25, 0.3) is 0 Å². The van der Waals surface area contributed by atoms with Crippen molar-refractivity contribution in [1.29, 1.82) is 0 Å². The van der Waals surface area contributed by atoms with Gasteiger partial charge in [-0.25, -0.2) is 4.98 Å². The summed E-state index contributed by atoms with van der Waals surface area (Å²) in [7, 11) is 0. The van der Waals surface area contributed by atoms with Gasteiger partial charge < -0.3 is 15.7 Å². The van der Waals surface area contributed by atoms with Gasteiger partial charge in [-0.1, -0.05) is 41.4 Å². The summed E-state index contributed by atoms with van der Waals surface area (Å²) in [4.78, 5) is 41.7. The molecule has 11 heteroatoms. The Balaban J connectivity index is 1.27. The Morgan fingerprint density at radius 2 is 1.72 bits per heavy atom. The number of aliphatic carboxylic acids is 1. The van der Waals surface area contributed by atoms with Gasteiger partial charge in [-0.2, -0.15) is 0 Å². The quantitative estimate of drug-likeness (QED) is 0.215. The molecule has 2 aromatic carbocycles. The van der Waals surface area contributed by atoms with Crippen molar-refractivity contribution in [3.05, 3.63) is 70.0 Å². The second kappa shape index (κ2) is 11.9. The average molecular weight is 563 g/mol. The first-order valence-corrected chi connectivity index (χ1v) is 13.5. The molecule has 1 aliphatic carbocycles. The molecule has 2 amide bonds. The van der Waals surface area contributed by atoms with Crippen molar-refractivity contribution in [1.82, 2.24) is 4.98 Å². The number of carboxylic acids is 1. The fourth-order valence-electron chi connectivity index (χ4n) is 3.67. The van der Waals surface area contributed by atoms with Crippen LogP contribution in [0.5, 0.6) is 0 Å². The molecule has 3 aromatic rings. The van der Waals surface area contributed by atoms with Gasteiger partial charge in [0, 0.05) is 21.5 Å². The normalized spacial score (nSPS) is 16.9.